The van der Waals surface area contributed by atoms with Gasteiger partial charge in [-0.1, -0.05) is 75.9 Å². The molecule has 1 fully saturated rings. The van der Waals surface area contributed by atoms with Crippen LogP contribution < -0.4 is 5.32 Å². The minimum atomic E-state index is 0.187. The molecular weight excluding hydrogens is 338 g/mol. The van der Waals surface area contributed by atoms with Crippen LogP contribution in [0.15, 0.2) is 36.4 Å². The number of rotatable bonds is 4. The van der Waals surface area contributed by atoms with Crippen LogP contribution in [-0.4, -0.2) is 0 Å². The molecule has 0 aliphatic heterocycles. The van der Waals surface area contributed by atoms with Crippen LogP contribution in [0.5, 0.6) is 0 Å². The van der Waals surface area contributed by atoms with E-state index in [1.165, 1.54) is 54.5 Å². The van der Waals surface area contributed by atoms with Gasteiger partial charge in [-0.05, 0) is 65.5 Å². The average molecular weight is 370 g/mol. The topological polar surface area (TPSA) is 12.0 Å². The zero-order valence-electron chi connectivity index (χ0n) is 16.7. The van der Waals surface area contributed by atoms with Crippen LogP contribution in [-0.2, 0) is 12.0 Å². The van der Waals surface area contributed by atoms with Crippen LogP contribution in [0.4, 0.5) is 5.69 Å². The summed E-state index contributed by atoms with van der Waals surface area (Å²) in [5.74, 6) is 0.690. The molecule has 0 spiro atoms. The van der Waals surface area contributed by atoms with E-state index in [4.69, 9.17) is 11.6 Å². The molecular formula is C24H32ClN. The Kier molecular flexibility index (Phi) is 5.97. The number of benzene rings is 2. The molecule has 0 heterocycles. The highest BCUT2D eigenvalue weighted by Crippen LogP contribution is 2.39. The van der Waals surface area contributed by atoms with Crippen molar-refractivity contribution in [3.8, 4) is 0 Å². The van der Waals surface area contributed by atoms with Crippen molar-refractivity contribution >= 4 is 17.3 Å². The quantitative estimate of drug-likeness (QED) is 0.584. The maximum absolute atomic E-state index is 6.29. The first-order chi connectivity index (χ1) is 12.3. The number of anilines is 1. The normalized spacial score (nSPS) is 15.9. The maximum Gasteiger partial charge on any atom is 0.0438 e. The first kappa shape index (κ1) is 19.3. The zero-order valence-corrected chi connectivity index (χ0v) is 17.4. The Balaban J connectivity index is 1.85. The molecule has 1 nitrogen and oxygen atoms in total. The second-order valence-electron chi connectivity index (χ2n) is 8.82. The lowest BCUT2D eigenvalue weighted by Gasteiger charge is -2.28. The number of halogens is 1. The van der Waals surface area contributed by atoms with Gasteiger partial charge in [0.05, 0.1) is 0 Å². The van der Waals surface area contributed by atoms with Gasteiger partial charge in [0.2, 0.25) is 0 Å². The molecule has 140 valence electrons. The number of nitrogens with one attached hydrogen (secondary N) is 1. The summed E-state index contributed by atoms with van der Waals surface area (Å²) in [5.41, 5.74) is 6.79. The van der Waals surface area contributed by atoms with E-state index in [1.807, 2.05) is 6.92 Å². The Bertz CT molecular complexity index is 751. The Hall–Kier alpha value is -1.47. The Morgan fingerprint density at radius 2 is 1.73 bits per heavy atom. The largest absolute Gasteiger partial charge is 0.381 e. The fourth-order valence-electron chi connectivity index (χ4n) is 3.89. The second-order valence-corrected chi connectivity index (χ2v) is 9.23. The van der Waals surface area contributed by atoms with Crippen LogP contribution in [0, 0.1) is 6.92 Å². The predicted octanol–water partition coefficient (Wildman–Crippen LogP) is 7.61. The number of hydrogen-bond donors (Lipinski definition) is 1. The van der Waals surface area contributed by atoms with Gasteiger partial charge in [0.25, 0.3) is 0 Å². The molecule has 2 aromatic carbocycles. The molecule has 26 heavy (non-hydrogen) atoms. The van der Waals surface area contributed by atoms with Crippen LogP contribution in [0.2, 0.25) is 5.02 Å². The van der Waals surface area contributed by atoms with Gasteiger partial charge < -0.3 is 5.32 Å². The van der Waals surface area contributed by atoms with Crippen molar-refractivity contribution in [3.63, 3.8) is 0 Å². The van der Waals surface area contributed by atoms with Gasteiger partial charge in [0.1, 0.15) is 0 Å². The Morgan fingerprint density at radius 3 is 2.38 bits per heavy atom. The lowest BCUT2D eigenvalue weighted by Crippen LogP contribution is -2.15. The summed E-state index contributed by atoms with van der Waals surface area (Å²) in [4.78, 5) is 0. The fraction of sp³-hybridized carbons (Fsp3) is 0.500. The van der Waals surface area contributed by atoms with Gasteiger partial charge >= 0.3 is 0 Å². The molecule has 1 N–H and O–H groups in total. The summed E-state index contributed by atoms with van der Waals surface area (Å²) in [5, 5.41) is 4.54. The third kappa shape index (κ3) is 4.62. The standard InChI is InChI=1S/C24H32ClN/c1-17-10-11-18(14-22(17)25)16-26-23-13-12-20(24(2,3)4)15-21(23)19-8-6-5-7-9-19/h10-15,19,26H,5-9,16H2,1-4H3. The summed E-state index contributed by atoms with van der Waals surface area (Å²) in [6.07, 6.45) is 6.74. The summed E-state index contributed by atoms with van der Waals surface area (Å²) in [6, 6.07) is 13.4. The van der Waals surface area contributed by atoms with Crippen molar-refractivity contribution < 1.29 is 0 Å². The van der Waals surface area contributed by atoms with Crippen molar-refractivity contribution in [2.45, 2.75) is 77.7 Å². The Morgan fingerprint density at radius 1 is 1.00 bits per heavy atom. The second kappa shape index (κ2) is 8.05. The van der Waals surface area contributed by atoms with Gasteiger partial charge in [-0.15, -0.1) is 0 Å². The predicted molar refractivity (Wildman–Crippen MR) is 114 cm³/mol. The first-order valence-corrected chi connectivity index (χ1v) is 10.4. The third-order valence-electron chi connectivity index (χ3n) is 5.68. The third-order valence-corrected chi connectivity index (χ3v) is 6.09. The molecule has 0 atom stereocenters. The van der Waals surface area contributed by atoms with Gasteiger partial charge in [-0.25, -0.2) is 0 Å². The molecule has 0 bridgehead atoms. The first-order valence-electron chi connectivity index (χ1n) is 9.98. The van der Waals surface area contributed by atoms with Crippen molar-refractivity contribution in [1.29, 1.82) is 0 Å². The minimum absolute atomic E-state index is 0.187. The summed E-state index contributed by atoms with van der Waals surface area (Å²) in [6.45, 7) is 9.76. The molecule has 0 aromatic heterocycles. The molecule has 2 heteroatoms. The van der Waals surface area contributed by atoms with E-state index in [0.717, 1.165) is 17.1 Å². The van der Waals surface area contributed by atoms with Gasteiger partial charge in [0.15, 0.2) is 0 Å². The molecule has 2 aromatic rings. The monoisotopic (exact) mass is 369 g/mol. The molecule has 0 amide bonds. The van der Waals surface area contributed by atoms with E-state index >= 15 is 0 Å². The fourth-order valence-corrected chi connectivity index (χ4v) is 4.09. The van der Waals surface area contributed by atoms with E-state index in [-0.39, 0.29) is 5.41 Å². The SMILES string of the molecule is Cc1ccc(CNc2ccc(C(C)(C)C)cc2C2CCCCC2)cc1Cl. The molecule has 3 rings (SSSR count). The smallest absolute Gasteiger partial charge is 0.0438 e. The van der Waals surface area contributed by atoms with Crippen molar-refractivity contribution in [1.82, 2.24) is 0 Å². The van der Waals surface area contributed by atoms with Gasteiger partial charge in [0, 0.05) is 17.3 Å². The molecule has 1 saturated carbocycles. The average Bonchev–Trinajstić information content (AvgIpc) is 2.62. The van der Waals surface area contributed by atoms with Crippen molar-refractivity contribution in [2.75, 3.05) is 5.32 Å². The van der Waals surface area contributed by atoms with E-state index in [0.29, 0.717) is 5.92 Å². The van der Waals surface area contributed by atoms with E-state index in [2.05, 4.69) is 62.5 Å². The van der Waals surface area contributed by atoms with E-state index < -0.39 is 0 Å². The molecule has 0 saturated heterocycles. The summed E-state index contributed by atoms with van der Waals surface area (Å²) in [7, 11) is 0. The molecule has 0 radical (unpaired) electrons. The number of aryl methyl sites for hydroxylation is 1. The van der Waals surface area contributed by atoms with Crippen molar-refractivity contribution in [2.24, 2.45) is 0 Å². The lowest BCUT2D eigenvalue weighted by molar-refractivity contribution is 0.443. The Labute approximate surface area is 164 Å². The van der Waals surface area contributed by atoms with Gasteiger partial charge in [-0.2, -0.15) is 0 Å². The summed E-state index contributed by atoms with van der Waals surface area (Å²) >= 11 is 6.29. The summed E-state index contributed by atoms with van der Waals surface area (Å²) < 4.78 is 0. The van der Waals surface area contributed by atoms with E-state index in [1.54, 1.807) is 0 Å². The van der Waals surface area contributed by atoms with Crippen LogP contribution in [0.1, 0.15) is 81.0 Å². The number of hydrogen-bond acceptors (Lipinski definition) is 1. The highest BCUT2D eigenvalue weighted by Gasteiger charge is 2.22. The highest BCUT2D eigenvalue weighted by molar-refractivity contribution is 6.31. The minimum Gasteiger partial charge on any atom is -0.381 e. The van der Waals surface area contributed by atoms with Crippen molar-refractivity contribution in [3.05, 3.63) is 63.7 Å². The zero-order chi connectivity index (χ0) is 18.7. The van der Waals surface area contributed by atoms with Crippen LogP contribution in [0.3, 0.4) is 0 Å². The van der Waals surface area contributed by atoms with Gasteiger partial charge in [-0.3, -0.25) is 0 Å². The lowest BCUT2D eigenvalue weighted by atomic mass is 9.79. The van der Waals surface area contributed by atoms with E-state index in [9.17, 15) is 0 Å². The molecule has 0 unspecified atom stereocenters. The molecule has 1 aliphatic rings. The highest BCUT2D eigenvalue weighted by atomic mass is 35.5. The van der Waals surface area contributed by atoms with Crippen LogP contribution in [0.25, 0.3) is 0 Å². The van der Waals surface area contributed by atoms with Crippen LogP contribution >= 0.6 is 11.6 Å². The molecule has 1 aliphatic carbocycles. The maximum atomic E-state index is 6.29.